The number of nitrogens with zero attached hydrogens (tertiary/aromatic N) is 1. The van der Waals surface area contributed by atoms with Crippen molar-refractivity contribution in [3.05, 3.63) is 142 Å². The molecule has 0 bridgehead atoms. The van der Waals surface area contributed by atoms with E-state index in [9.17, 15) is 19.6 Å². The van der Waals surface area contributed by atoms with Crippen molar-refractivity contribution >= 4 is 57.6 Å². The molecule has 3 N–H and O–H groups in total. The number of thiophene rings is 1. The molecule has 5 aromatic rings. The molecule has 11 heteroatoms. The molecule has 52 heavy (non-hydrogen) atoms. The van der Waals surface area contributed by atoms with E-state index in [-0.39, 0.29) is 17.4 Å². The minimum Gasteiger partial charge on any atom is -0.497 e. The molecular weight excluding hydrogens is 693 g/mol. The maximum atomic E-state index is 13.7. The van der Waals surface area contributed by atoms with E-state index in [0.717, 1.165) is 34.6 Å². The van der Waals surface area contributed by atoms with Crippen LogP contribution in [0, 0.1) is 11.3 Å². The zero-order valence-electron chi connectivity index (χ0n) is 28.6. The van der Waals surface area contributed by atoms with Crippen molar-refractivity contribution in [3.63, 3.8) is 0 Å². The molecule has 1 unspecified atom stereocenters. The smallest absolute Gasteiger partial charge is 0.272 e. The zero-order chi connectivity index (χ0) is 36.5. The number of ether oxygens (including phenoxy) is 2. The van der Waals surface area contributed by atoms with Crippen LogP contribution in [0.4, 0.5) is 10.7 Å². The second-order valence-electron chi connectivity index (χ2n) is 12.0. The summed E-state index contributed by atoms with van der Waals surface area (Å²) < 4.78 is 10.9. The third-order valence-electron chi connectivity index (χ3n) is 8.63. The van der Waals surface area contributed by atoms with E-state index in [0.29, 0.717) is 44.8 Å². The van der Waals surface area contributed by atoms with Crippen LogP contribution in [-0.2, 0) is 22.4 Å². The van der Waals surface area contributed by atoms with Gasteiger partial charge in [0.25, 0.3) is 11.8 Å². The summed E-state index contributed by atoms with van der Waals surface area (Å²) in [7, 11) is 3.05. The molecule has 0 spiro atoms. The SMILES string of the molecule is COc1ccc(OC)c(/C=C(/NC(=O)c2ccccc2)C(=O)Nc2cccc(SCC(=O)Nc3sc4c(c3C#N)CCC(c3ccccc3)C4)c2)c1. The van der Waals surface area contributed by atoms with E-state index in [1.54, 1.807) is 66.7 Å². The van der Waals surface area contributed by atoms with Gasteiger partial charge in [0.05, 0.1) is 25.5 Å². The van der Waals surface area contributed by atoms with Crippen LogP contribution in [0.1, 0.15) is 49.8 Å². The van der Waals surface area contributed by atoms with Gasteiger partial charge in [0.2, 0.25) is 5.91 Å². The molecule has 0 saturated heterocycles. The second-order valence-corrected chi connectivity index (χ2v) is 14.1. The quantitative estimate of drug-likeness (QED) is 0.0876. The summed E-state index contributed by atoms with van der Waals surface area (Å²) in [6.07, 6.45) is 4.14. The number of anilines is 2. The molecule has 0 aliphatic heterocycles. The molecular formula is C41H36N4O5S2. The number of hydrogen-bond acceptors (Lipinski definition) is 8. The molecule has 1 atom stereocenters. The number of rotatable bonds is 12. The molecule has 262 valence electrons. The summed E-state index contributed by atoms with van der Waals surface area (Å²) >= 11 is 2.80. The van der Waals surface area contributed by atoms with Crippen molar-refractivity contribution in [2.45, 2.75) is 30.1 Å². The summed E-state index contributed by atoms with van der Waals surface area (Å²) in [5.74, 6) is 0.283. The van der Waals surface area contributed by atoms with Crippen LogP contribution in [0.2, 0.25) is 0 Å². The van der Waals surface area contributed by atoms with E-state index in [4.69, 9.17) is 9.47 Å². The van der Waals surface area contributed by atoms with Crippen LogP contribution in [-0.4, -0.2) is 37.7 Å². The van der Waals surface area contributed by atoms with Gasteiger partial charge in [-0.25, -0.2) is 0 Å². The lowest BCUT2D eigenvalue weighted by atomic mass is 9.83. The summed E-state index contributed by atoms with van der Waals surface area (Å²) in [6.45, 7) is 0. The van der Waals surface area contributed by atoms with Gasteiger partial charge >= 0.3 is 0 Å². The van der Waals surface area contributed by atoms with Crippen molar-refractivity contribution in [2.75, 3.05) is 30.6 Å². The average molecular weight is 729 g/mol. The van der Waals surface area contributed by atoms with Crippen LogP contribution in [0.15, 0.2) is 114 Å². The van der Waals surface area contributed by atoms with Crippen LogP contribution in [0.3, 0.4) is 0 Å². The molecule has 6 rings (SSSR count). The fraction of sp³-hybridized carbons (Fsp3) is 0.171. The lowest BCUT2D eigenvalue weighted by Gasteiger charge is -2.22. The highest BCUT2D eigenvalue weighted by atomic mass is 32.2. The maximum absolute atomic E-state index is 13.7. The number of carbonyl (C=O) groups excluding carboxylic acids is 3. The van der Waals surface area contributed by atoms with E-state index in [1.165, 1.54) is 49.0 Å². The Morgan fingerprint density at radius 2 is 1.69 bits per heavy atom. The van der Waals surface area contributed by atoms with E-state index >= 15 is 0 Å². The number of nitriles is 1. The van der Waals surface area contributed by atoms with E-state index in [2.05, 4.69) is 46.3 Å². The first-order valence-corrected chi connectivity index (χ1v) is 18.4. The monoisotopic (exact) mass is 728 g/mol. The third kappa shape index (κ3) is 8.72. The Bertz CT molecular complexity index is 2160. The number of nitrogens with one attached hydrogen (secondary N) is 3. The number of benzene rings is 4. The summed E-state index contributed by atoms with van der Waals surface area (Å²) in [6, 6.07) is 33.6. The second kappa shape index (κ2) is 16.9. The van der Waals surface area contributed by atoms with Gasteiger partial charge in [-0.05, 0) is 90.9 Å². The largest absolute Gasteiger partial charge is 0.497 e. The van der Waals surface area contributed by atoms with Gasteiger partial charge in [-0.3, -0.25) is 14.4 Å². The Kier molecular flexibility index (Phi) is 11.7. The number of hydrogen-bond donors (Lipinski definition) is 3. The van der Waals surface area contributed by atoms with Gasteiger partial charge in [0, 0.05) is 26.6 Å². The standard InChI is InChI=1S/C41H36N4O5S2/c1-49-31-17-19-36(50-2)29(20-31)21-35(44-39(47)27-12-7-4-8-13-27)40(48)43-30-14-9-15-32(23-30)51-25-38(46)45-41-34(24-42)33-18-16-28(22-37(33)52-41)26-10-5-3-6-11-26/h3-15,17,19-21,23,28H,16,18,22,25H2,1-2H3,(H,43,48)(H,44,47)(H,45,46)/b35-21+. The van der Waals surface area contributed by atoms with Crippen molar-refractivity contribution in [2.24, 2.45) is 0 Å². The number of fused-ring (bicyclic) bond motifs is 1. The number of amides is 3. The first-order chi connectivity index (χ1) is 25.3. The third-order valence-corrected chi connectivity index (χ3v) is 10.8. The number of methoxy groups -OCH3 is 2. The molecule has 3 amide bonds. The van der Waals surface area contributed by atoms with Gasteiger partial charge in [-0.2, -0.15) is 5.26 Å². The molecule has 0 saturated carbocycles. The van der Waals surface area contributed by atoms with Crippen LogP contribution < -0.4 is 25.4 Å². The van der Waals surface area contributed by atoms with Crippen LogP contribution >= 0.6 is 23.1 Å². The zero-order valence-corrected chi connectivity index (χ0v) is 30.2. The van der Waals surface area contributed by atoms with Gasteiger partial charge in [0.1, 0.15) is 28.3 Å². The maximum Gasteiger partial charge on any atom is 0.272 e. The summed E-state index contributed by atoms with van der Waals surface area (Å²) in [5.41, 5.74) is 4.27. The first kappa shape index (κ1) is 36.0. The lowest BCUT2D eigenvalue weighted by Crippen LogP contribution is -2.30. The fourth-order valence-electron chi connectivity index (χ4n) is 6.03. The molecule has 1 aliphatic rings. The summed E-state index contributed by atoms with van der Waals surface area (Å²) in [4.78, 5) is 41.9. The van der Waals surface area contributed by atoms with Crippen LogP contribution in [0.5, 0.6) is 11.5 Å². The van der Waals surface area contributed by atoms with Crippen LogP contribution in [0.25, 0.3) is 6.08 Å². The number of thioether (sulfide) groups is 1. The van der Waals surface area contributed by atoms with Gasteiger partial charge in [-0.1, -0.05) is 54.6 Å². The Labute approximate surface area is 310 Å². The topological polar surface area (TPSA) is 130 Å². The van der Waals surface area contributed by atoms with Crippen molar-refractivity contribution in [1.29, 1.82) is 5.26 Å². The fourth-order valence-corrected chi connectivity index (χ4v) is 8.07. The number of carbonyl (C=O) groups is 3. The molecule has 9 nitrogen and oxygen atoms in total. The normalized spacial score (nSPS) is 13.6. The molecule has 0 fully saturated rings. The van der Waals surface area contributed by atoms with Gasteiger partial charge in [-0.15, -0.1) is 23.1 Å². The van der Waals surface area contributed by atoms with Crippen molar-refractivity contribution < 1.29 is 23.9 Å². The highest BCUT2D eigenvalue weighted by molar-refractivity contribution is 8.00. The molecule has 1 aliphatic carbocycles. The average Bonchev–Trinajstić information content (AvgIpc) is 3.53. The van der Waals surface area contributed by atoms with Crippen molar-refractivity contribution in [1.82, 2.24) is 5.32 Å². The summed E-state index contributed by atoms with van der Waals surface area (Å²) in [5, 5.41) is 19.2. The van der Waals surface area contributed by atoms with E-state index < -0.39 is 11.8 Å². The highest BCUT2D eigenvalue weighted by Gasteiger charge is 2.27. The predicted octanol–water partition coefficient (Wildman–Crippen LogP) is 8.05. The van der Waals surface area contributed by atoms with Crippen molar-refractivity contribution in [3.8, 4) is 17.6 Å². The van der Waals surface area contributed by atoms with Gasteiger partial charge < -0.3 is 25.4 Å². The molecule has 1 aromatic heterocycles. The van der Waals surface area contributed by atoms with Gasteiger partial charge in [0.15, 0.2) is 0 Å². The Hall–Kier alpha value is -5.83. The Balaban J connectivity index is 1.13. The Morgan fingerprint density at radius 1 is 0.923 bits per heavy atom. The molecule has 0 radical (unpaired) electrons. The first-order valence-electron chi connectivity index (χ1n) is 16.6. The minimum atomic E-state index is -0.561. The van der Waals surface area contributed by atoms with E-state index in [1.807, 2.05) is 12.1 Å². The minimum absolute atomic E-state index is 0.0140. The lowest BCUT2D eigenvalue weighted by molar-refractivity contribution is -0.114. The highest BCUT2D eigenvalue weighted by Crippen LogP contribution is 2.42. The molecule has 4 aromatic carbocycles. The predicted molar refractivity (Wildman–Crippen MR) is 206 cm³/mol. The Morgan fingerprint density at radius 3 is 2.42 bits per heavy atom. The molecule has 1 heterocycles.